The Morgan fingerprint density at radius 3 is 2.63 bits per heavy atom. The van der Waals surface area contributed by atoms with Crippen LogP contribution in [0.25, 0.3) is 0 Å². The standard InChI is InChI=1S/C21H31N5O2.2ClH/c1-21(2,3)18-12-19(25(4)24-18)23-20(27)14-26-11-10-22-13-16(26)15-8-6-7-9-17(15)28-5;;/h6-9,12,16,22H,10-11,13-14H2,1-5H3,(H,23,27);2*1H. The van der Waals surface area contributed by atoms with Crippen molar-refractivity contribution < 1.29 is 9.53 Å². The number of aromatic nitrogens is 2. The van der Waals surface area contributed by atoms with Crippen molar-refractivity contribution in [3.63, 3.8) is 0 Å². The van der Waals surface area contributed by atoms with Gasteiger partial charge in [0.2, 0.25) is 5.91 Å². The normalized spacial score (nSPS) is 16.9. The summed E-state index contributed by atoms with van der Waals surface area (Å²) >= 11 is 0. The molecule has 1 saturated heterocycles. The zero-order chi connectivity index (χ0) is 20.3. The number of ether oxygens (including phenoxy) is 1. The summed E-state index contributed by atoms with van der Waals surface area (Å²) in [7, 11) is 3.54. The summed E-state index contributed by atoms with van der Waals surface area (Å²) in [6.07, 6.45) is 0. The fraction of sp³-hybridized carbons (Fsp3) is 0.524. The highest BCUT2D eigenvalue weighted by Gasteiger charge is 2.28. The van der Waals surface area contributed by atoms with Gasteiger partial charge in [-0.2, -0.15) is 5.10 Å². The smallest absolute Gasteiger partial charge is 0.239 e. The summed E-state index contributed by atoms with van der Waals surface area (Å²) < 4.78 is 7.26. The quantitative estimate of drug-likeness (QED) is 0.721. The maximum absolute atomic E-state index is 12.8. The molecular weight excluding hydrogens is 425 g/mol. The van der Waals surface area contributed by atoms with Crippen molar-refractivity contribution in [2.75, 3.05) is 38.6 Å². The highest BCUT2D eigenvalue weighted by molar-refractivity contribution is 5.91. The number of hydrogen-bond acceptors (Lipinski definition) is 5. The second kappa shape index (κ2) is 11.0. The van der Waals surface area contributed by atoms with E-state index < -0.39 is 0 Å². The molecule has 1 amide bonds. The van der Waals surface area contributed by atoms with Crippen LogP contribution in [0.5, 0.6) is 5.75 Å². The number of amides is 1. The Bertz CT molecular complexity index is 835. The number of nitrogens with zero attached hydrogens (tertiary/aromatic N) is 3. The molecule has 1 aromatic carbocycles. The fourth-order valence-electron chi connectivity index (χ4n) is 3.50. The summed E-state index contributed by atoms with van der Waals surface area (Å²) in [5.41, 5.74) is 1.99. The molecule has 0 aliphatic carbocycles. The lowest BCUT2D eigenvalue weighted by Crippen LogP contribution is -2.48. The van der Waals surface area contributed by atoms with E-state index in [0.29, 0.717) is 6.54 Å². The van der Waals surface area contributed by atoms with Gasteiger partial charge in [0.25, 0.3) is 0 Å². The first kappa shape index (κ1) is 26.2. The molecule has 0 spiro atoms. The summed E-state index contributed by atoms with van der Waals surface area (Å²) in [5.74, 6) is 1.53. The van der Waals surface area contributed by atoms with Crippen molar-refractivity contribution in [2.24, 2.45) is 7.05 Å². The number of hydrogen-bond donors (Lipinski definition) is 2. The van der Waals surface area contributed by atoms with Gasteiger partial charge in [-0.05, 0) is 6.07 Å². The average Bonchev–Trinajstić information content (AvgIpc) is 3.03. The number of para-hydroxylation sites is 1. The first-order valence-electron chi connectivity index (χ1n) is 9.71. The molecule has 1 atom stereocenters. The molecule has 168 valence electrons. The first-order valence-corrected chi connectivity index (χ1v) is 9.71. The molecule has 9 heteroatoms. The molecule has 1 aliphatic heterocycles. The lowest BCUT2D eigenvalue weighted by molar-refractivity contribution is -0.118. The number of carbonyl (C=O) groups excluding carboxylic acids is 1. The third-order valence-corrected chi connectivity index (χ3v) is 5.11. The van der Waals surface area contributed by atoms with E-state index in [-0.39, 0.29) is 42.2 Å². The summed E-state index contributed by atoms with van der Waals surface area (Å²) in [6, 6.07) is 10.0. The van der Waals surface area contributed by atoms with Crippen molar-refractivity contribution >= 4 is 36.5 Å². The molecule has 2 aromatic rings. The van der Waals surface area contributed by atoms with Gasteiger partial charge >= 0.3 is 0 Å². The number of piperazine rings is 1. The molecule has 30 heavy (non-hydrogen) atoms. The number of methoxy groups -OCH3 is 1. The van der Waals surface area contributed by atoms with Crippen LogP contribution in [0.4, 0.5) is 5.82 Å². The lowest BCUT2D eigenvalue weighted by atomic mass is 9.92. The molecule has 1 aliphatic rings. The molecule has 1 aromatic heterocycles. The van der Waals surface area contributed by atoms with Crippen LogP contribution in [-0.2, 0) is 17.3 Å². The minimum absolute atomic E-state index is 0. The van der Waals surface area contributed by atoms with Crippen LogP contribution in [0.2, 0.25) is 0 Å². The molecule has 2 N–H and O–H groups in total. The molecule has 1 fully saturated rings. The van der Waals surface area contributed by atoms with E-state index in [2.05, 4.69) is 47.5 Å². The Hall–Kier alpha value is -1.80. The van der Waals surface area contributed by atoms with Crippen molar-refractivity contribution in [2.45, 2.75) is 32.2 Å². The van der Waals surface area contributed by atoms with Crippen LogP contribution < -0.4 is 15.4 Å². The van der Waals surface area contributed by atoms with Crippen LogP contribution in [-0.4, -0.2) is 53.9 Å². The number of aryl methyl sites for hydroxylation is 1. The average molecular weight is 458 g/mol. The molecule has 0 radical (unpaired) electrons. The van der Waals surface area contributed by atoms with Crippen molar-refractivity contribution in [3.05, 3.63) is 41.6 Å². The highest BCUT2D eigenvalue weighted by Crippen LogP contribution is 2.30. The van der Waals surface area contributed by atoms with Crippen LogP contribution in [0.3, 0.4) is 0 Å². The fourth-order valence-corrected chi connectivity index (χ4v) is 3.50. The maximum Gasteiger partial charge on any atom is 0.239 e. The number of rotatable bonds is 5. The van der Waals surface area contributed by atoms with E-state index in [1.165, 1.54) is 0 Å². The van der Waals surface area contributed by atoms with Crippen molar-refractivity contribution in [1.82, 2.24) is 20.0 Å². The van der Waals surface area contributed by atoms with E-state index in [9.17, 15) is 4.79 Å². The zero-order valence-electron chi connectivity index (χ0n) is 18.3. The predicted molar refractivity (Wildman–Crippen MR) is 125 cm³/mol. The number of carbonyl (C=O) groups is 1. The third kappa shape index (κ3) is 6.11. The van der Waals surface area contributed by atoms with Crippen LogP contribution in [0.15, 0.2) is 30.3 Å². The van der Waals surface area contributed by atoms with Gasteiger partial charge in [0.05, 0.1) is 25.4 Å². The van der Waals surface area contributed by atoms with Gasteiger partial charge in [0.1, 0.15) is 11.6 Å². The second-order valence-corrected chi connectivity index (χ2v) is 8.27. The number of nitrogens with one attached hydrogen (secondary N) is 2. The van der Waals surface area contributed by atoms with Crippen molar-refractivity contribution in [3.8, 4) is 5.75 Å². The molecule has 1 unspecified atom stereocenters. The predicted octanol–water partition coefficient (Wildman–Crippen LogP) is 3.15. The number of halogens is 2. The Morgan fingerprint density at radius 1 is 1.30 bits per heavy atom. The van der Waals surface area contributed by atoms with E-state index in [0.717, 1.165) is 42.5 Å². The largest absolute Gasteiger partial charge is 0.496 e. The Balaban J connectivity index is 0.00000225. The second-order valence-electron chi connectivity index (χ2n) is 8.27. The Kier molecular flexibility index (Phi) is 9.62. The van der Waals surface area contributed by atoms with E-state index in [1.807, 2.05) is 31.3 Å². The van der Waals surface area contributed by atoms with Crippen LogP contribution in [0, 0.1) is 0 Å². The van der Waals surface area contributed by atoms with Gasteiger partial charge < -0.3 is 15.4 Å². The van der Waals surface area contributed by atoms with E-state index >= 15 is 0 Å². The zero-order valence-corrected chi connectivity index (χ0v) is 19.9. The van der Waals surface area contributed by atoms with Crippen LogP contribution in [0.1, 0.15) is 38.1 Å². The molecule has 0 saturated carbocycles. The topological polar surface area (TPSA) is 71.4 Å². The van der Waals surface area contributed by atoms with Crippen molar-refractivity contribution in [1.29, 1.82) is 0 Å². The molecule has 2 heterocycles. The van der Waals surface area contributed by atoms with Gasteiger partial charge in [-0.15, -0.1) is 24.8 Å². The van der Waals surface area contributed by atoms with Crippen LogP contribution >= 0.6 is 24.8 Å². The molecular formula is C21H33Cl2N5O2. The number of benzene rings is 1. The van der Waals surface area contributed by atoms with Gasteiger partial charge in [0, 0.05) is 43.7 Å². The lowest BCUT2D eigenvalue weighted by Gasteiger charge is -2.36. The van der Waals surface area contributed by atoms with E-state index in [1.54, 1.807) is 11.8 Å². The summed E-state index contributed by atoms with van der Waals surface area (Å²) in [5, 5.41) is 11.0. The molecule has 0 bridgehead atoms. The van der Waals surface area contributed by atoms with Gasteiger partial charge in [-0.25, -0.2) is 0 Å². The minimum Gasteiger partial charge on any atom is -0.496 e. The third-order valence-electron chi connectivity index (χ3n) is 5.11. The van der Waals surface area contributed by atoms with E-state index in [4.69, 9.17) is 4.74 Å². The Labute approximate surface area is 191 Å². The first-order chi connectivity index (χ1) is 13.3. The SMILES string of the molecule is COc1ccccc1C1CNCCN1CC(=O)Nc1cc(C(C)(C)C)nn1C.Cl.Cl. The molecule has 7 nitrogen and oxygen atoms in total. The summed E-state index contributed by atoms with van der Waals surface area (Å²) in [4.78, 5) is 15.0. The summed E-state index contributed by atoms with van der Waals surface area (Å²) in [6.45, 7) is 9.10. The van der Waals surface area contributed by atoms with Gasteiger partial charge in [-0.1, -0.05) is 39.0 Å². The minimum atomic E-state index is -0.0613. The number of anilines is 1. The maximum atomic E-state index is 12.8. The van der Waals surface area contributed by atoms with Gasteiger partial charge in [-0.3, -0.25) is 14.4 Å². The monoisotopic (exact) mass is 457 g/mol. The highest BCUT2D eigenvalue weighted by atomic mass is 35.5. The van der Waals surface area contributed by atoms with Gasteiger partial charge in [0.15, 0.2) is 0 Å². The molecule has 3 rings (SSSR count). The Morgan fingerprint density at radius 2 is 2.00 bits per heavy atom.